The first kappa shape index (κ1) is 14.6. The highest BCUT2D eigenvalue weighted by Crippen LogP contribution is 2.46. The molecule has 23 heavy (non-hydrogen) atoms. The van der Waals surface area contributed by atoms with E-state index in [1.54, 1.807) is 7.11 Å². The van der Waals surface area contributed by atoms with Gasteiger partial charge in [0, 0.05) is 17.5 Å². The van der Waals surface area contributed by atoms with Gasteiger partial charge in [-0.2, -0.15) is 0 Å². The summed E-state index contributed by atoms with van der Waals surface area (Å²) in [5.41, 5.74) is 2.92. The largest absolute Gasteiger partial charge is 0.497 e. The van der Waals surface area contributed by atoms with Gasteiger partial charge in [-0.1, -0.05) is 30.3 Å². The van der Waals surface area contributed by atoms with Crippen LogP contribution in [0.2, 0.25) is 0 Å². The Morgan fingerprint density at radius 3 is 2.61 bits per heavy atom. The van der Waals surface area contributed by atoms with Crippen LogP contribution in [0.15, 0.2) is 48.5 Å². The highest BCUT2D eigenvalue weighted by Gasteiger charge is 2.43. The molecule has 2 aromatic rings. The number of rotatable bonds is 3. The summed E-state index contributed by atoms with van der Waals surface area (Å²) in [4.78, 5) is 2.55. The van der Waals surface area contributed by atoms with Crippen LogP contribution in [0.25, 0.3) is 0 Å². The van der Waals surface area contributed by atoms with Crippen LogP contribution in [0.4, 0.5) is 0 Å². The predicted molar refractivity (Wildman–Crippen MR) is 91.1 cm³/mol. The summed E-state index contributed by atoms with van der Waals surface area (Å²) in [6.45, 7) is 4.10. The van der Waals surface area contributed by atoms with E-state index in [1.807, 2.05) is 6.07 Å². The van der Waals surface area contributed by atoms with Gasteiger partial charge in [-0.15, -0.1) is 0 Å². The Balaban J connectivity index is 1.48. The van der Waals surface area contributed by atoms with Crippen LogP contribution in [0.5, 0.6) is 11.5 Å². The number of piperidine rings is 1. The molecule has 2 aromatic carbocycles. The van der Waals surface area contributed by atoms with Crippen molar-refractivity contribution in [1.29, 1.82) is 0 Å². The van der Waals surface area contributed by atoms with Crippen LogP contribution in [0.1, 0.15) is 24.0 Å². The molecule has 0 atom stereocenters. The third-order valence-electron chi connectivity index (χ3n) is 5.32. The second-order valence-corrected chi connectivity index (χ2v) is 6.69. The summed E-state index contributed by atoms with van der Waals surface area (Å²) in [6, 6.07) is 17.0. The smallest absolute Gasteiger partial charge is 0.123 e. The Labute approximate surface area is 137 Å². The Kier molecular flexibility index (Phi) is 3.74. The lowest BCUT2D eigenvalue weighted by atomic mass is 9.74. The van der Waals surface area contributed by atoms with Crippen LogP contribution >= 0.6 is 0 Å². The quantitative estimate of drug-likeness (QED) is 0.864. The lowest BCUT2D eigenvalue weighted by molar-refractivity contribution is 0.130. The normalized spacial score (nSPS) is 19.3. The molecule has 0 aliphatic carbocycles. The van der Waals surface area contributed by atoms with Gasteiger partial charge in [-0.05, 0) is 49.7 Å². The maximum Gasteiger partial charge on any atom is 0.123 e. The maximum absolute atomic E-state index is 5.97. The van der Waals surface area contributed by atoms with Crippen molar-refractivity contribution in [2.45, 2.75) is 24.8 Å². The highest BCUT2D eigenvalue weighted by molar-refractivity contribution is 5.48. The van der Waals surface area contributed by atoms with Gasteiger partial charge >= 0.3 is 0 Å². The van der Waals surface area contributed by atoms with Gasteiger partial charge < -0.3 is 9.47 Å². The van der Waals surface area contributed by atoms with Crippen molar-refractivity contribution in [3.8, 4) is 11.5 Å². The first-order valence-corrected chi connectivity index (χ1v) is 8.37. The van der Waals surface area contributed by atoms with Crippen LogP contribution < -0.4 is 9.47 Å². The Bertz CT molecular complexity index is 675. The fourth-order valence-corrected chi connectivity index (χ4v) is 3.86. The first-order chi connectivity index (χ1) is 11.3. The van der Waals surface area contributed by atoms with Crippen molar-refractivity contribution < 1.29 is 9.47 Å². The van der Waals surface area contributed by atoms with E-state index >= 15 is 0 Å². The second kappa shape index (κ2) is 5.89. The number of ether oxygens (including phenoxy) is 2. The van der Waals surface area contributed by atoms with E-state index in [1.165, 1.54) is 11.1 Å². The van der Waals surface area contributed by atoms with E-state index in [4.69, 9.17) is 9.47 Å². The number of benzene rings is 2. The van der Waals surface area contributed by atoms with Gasteiger partial charge in [0.15, 0.2) is 0 Å². The van der Waals surface area contributed by atoms with Crippen LogP contribution in [0, 0.1) is 0 Å². The number of nitrogens with zero attached hydrogens (tertiary/aromatic N) is 1. The zero-order chi connectivity index (χ0) is 15.7. The van der Waals surface area contributed by atoms with Crippen LogP contribution in [-0.2, 0) is 12.0 Å². The number of fused-ring (bicyclic) bond motifs is 2. The van der Waals surface area contributed by atoms with Crippen molar-refractivity contribution in [1.82, 2.24) is 4.90 Å². The fraction of sp³-hybridized carbons (Fsp3) is 0.400. The molecule has 0 radical (unpaired) electrons. The molecule has 0 N–H and O–H groups in total. The molecule has 0 unspecified atom stereocenters. The van der Waals surface area contributed by atoms with Gasteiger partial charge in [0.05, 0.1) is 13.7 Å². The summed E-state index contributed by atoms with van der Waals surface area (Å²) in [7, 11) is 1.73. The molecule has 3 heteroatoms. The molecule has 2 aliphatic heterocycles. The van der Waals surface area contributed by atoms with Crippen molar-refractivity contribution in [2.24, 2.45) is 0 Å². The molecule has 4 rings (SSSR count). The van der Waals surface area contributed by atoms with Gasteiger partial charge in [0.25, 0.3) is 0 Å². The minimum absolute atomic E-state index is 0.178. The molecule has 0 aromatic heterocycles. The summed E-state index contributed by atoms with van der Waals surface area (Å²) >= 11 is 0. The third-order valence-corrected chi connectivity index (χ3v) is 5.32. The first-order valence-electron chi connectivity index (χ1n) is 8.37. The van der Waals surface area contributed by atoms with Crippen molar-refractivity contribution in [2.75, 3.05) is 26.8 Å². The Hall–Kier alpha value is -2.00. The van der Waals surface area contributed by atoms with E-state index in [2.05, 4.69) is 47.4 Å². The van der Waals surface area contributed by atoms with Gasteiger partial charge in [0.2, 0.25) is 0 Å². The maximum atomic E-state index is 5.97. The molecule has 2 aliphatic rings. The summed E-state index contributed by atoms with van der Waals surface area (Å²) in [5.74, 6) is 1.97. The minimum Gasteiger partial charge on any atom is -0.497 e. The van der Waals surface area contributed by atoms with Gasteiger partial charge in [-0.25, -0.2) is 0 Å². The lowest BCUT2D eigenvalue weighted by Crippen LogP contribution is -2.43. The summed E-state index contributed by atoms with van der Waals surface area (Å²) in [5, 5.41) is 0. The average Bonchev–Trinajstić information content (AvgIpc) is 2.96. The number of methoxy groups -OCH3 is 1. The average molecular weight is 309 g/mol. The lowest BCUT2D eigenvalue weighted by Gasteiger charge is -2.38. The van der Waals surface area contributed by atoms with Crippen molar-refractivity contribution >= 4 is 0 Å². The number of hydrogen-bond acceptors (Lipinski definition) is 3. The summed E-state index contributed by atoms with van der Waals surface area (Å²) < 4.78 is 11.4. The van der Waals surface area contributed by atoms with Crippen molar-refractivity contribution in [3.05, 3.63) is 59.7 Å². The van der Waals surface area contributed by atoms with Crippen LogP contribution in [-0.4, -0.2) is 31.7 Å². The Morgan fingerprint density at radius 2 is 1.87 bits per heavy atom. The molecule has 1 spiro atoms. The molecular weight excluding hydrogens is 286 g/mol. The van der Waals surface area contributed by atoms with Gasteiger partial charge in [0.1, 0.15) is 11.5 Å². The second-order valence-electron chi connectivity index (χ2n) is 6.69. The zero-order valence-electron chi connectivity index (χ0n) is 13.6. The molecular formula is C20H23NO2. The fourth-order valence-electron chi connectivity index (χ4n) is 3.86. The van der Waals surface area contributed by atoms with E-state index in [0.29, 0.717) is 0 Å². The molecule has 1 saturated heterocycles. The van der Waals surface area contributed by atoms with Crippen molar-refractivity contribution in [3.63, 3.8) is 0 Å². The molecule has 3 nitrogen and oxygen atoms in total. The standard InChI is InChI=1S/C20H23NO2/c1-22-17-7-8-19-18(13-17)20(15-23-19)9-11-21(12-10-20)14-16-5-3-2-4-6-16/h2-8,13H,9-12,14-15H2,1H3. The number of likely N-dealkylation sites (tertiary alicyclic amines) is 1. The van der Waals surface area contributed by atoms with E-state index in [-0.39, 0.29) is 5.41 Å². The molecule has 2 heterocycles. The minimum atomic E-state index is 0.178. The molecule has 120 valence electrons. The topological polar surface area (TPSA) is 21.7 Å². The van der Waals surface area contributed by atoms with E-state index in [0.717, 1.165) is 50.6 Å². The molecule has 0 amide bonds. The summed E-state index contributed by atoms with van der Waals surface area (Å²) in [6.07, 6.45) is 2.31. The Morgan fingerprint density at radius 1 is 1.09 bits per heavy atom. The zero-order valence-corrected chi connectivity index (χ0v) is 13.6. The predicted octanol–water partition coefficient (Wildman–Crippen LogP) is 3.62. The van der Waals surface area contributed by atoms with Crippen LogP contribution in [0.3, 0.4) is 0 Å². The van der Waals surface area contributed by atoms with E-state index in [9.17, 15) is 0 Å². The molecule has 0 bridgehead atoms. The third kappa shape index (κ3) is 2.70. The monoisotopic (exact) mass is 309 g/mol. The highest BCUT2D eigenvalue weighted by atomic mass is 16.5. The molecule has 0 saturated carbocycles. The molecule has 1 fully saturated rings. The van der Waals surface area contributed by atoms with E-state index < -0.39 is 0 Å². The SMILES string of the molecule is COc1ccc2c(c1)C1(CCN(Cc3ccccc3)CC1)CO2. The van der Waals surface area contributed by atoms with Gasteiger partial charge in [-0.3, -0.25) is 4.90 Å². The number of hydrogen-bond donors (Lipinski definition) is 0.